The number of hydrogen-bond acceptors (Lipinski definition) is 1. The third-order valence-electron chi connectivity index (χ3n) is 3.30. The van der Waals surface area contributed by atoms with Crippen molar-refractivity contribution in [2.75, 3.05) is 6.54 Å². The molecule has 3 unspecified atom stereocenters. The summed E-state index contributed by atoms with van der Waals surface area (Å²) < 4.78 is 0. The first-order valence-corrected chi connectivity index (χ1v) is 4.71. The van der Waals surface area contributed by atoms with Gasteiger partial charge < -0.3 is 5.32 Å². The van der Waals surface area contributed by atoms with E-state index in [9.17, 15) is 0 Å². The normalized spacial score (nSPS) is 41.9. The quantitative estimate of drug-likeness (QED) is 0.569. The van der Waals surface area contributed by atoms with E-state index in [4.69, 9.17) is 0 Å². The maximum atomic E-state index is 3.48. The van der Waals surface area contributed by atoms with Gasteiger partial charge in [0.25, 0.3) is 0 Å². The topological polar surface area (TPSA) is 12.0 Å². The Kier molecular flexibility index (Phi) is 1.11. The lowest BCUT2D eigenvalue weighted by Crippen LogP contribution is -2.21. The van der Waals surface area contributed by atoms with Gasteiger partial charge in [-0.15, -0.1) is 0 Å². The highest BCUT2D eigenvalue weighted by molar-refractivity contribution is 5.46. The highest BCUT2D eigenvalue weighted by Crippen LogP contribution is 2.54. The van der Waals surface area contributed by atoms with Gasteiger partial charge in [-0.05, 0) is 17.4 Å². The van der Waals surface area contributed by atoms with Gasteiger partial charge in [0.15, 0.2) is 0 Å². The van der Waals surface area contributed by atoms with Crippen molar-refractivity contribution < 1.29 is 0 Å². The second-order valence-corrected chi connectivity index (χ2v) is 3.97. The van der Waals surface area contributed by atoms with E-state index in [0.29, 0.717) is 0 Å². The second-order valence-electron chi connectivity index (χ2n) is 3.97. The van der Waals surface area contributed by atoms with Crippen molar-refractivity contribution >= 4 is 0 Å². The molecule has 1 N–H and O–H groups in total. The van der Waals surface area contributed by atoms with E-state index in [2.05, 4.69) is 36.5 Å². The van der Waals surface area contributed by atoms with Gasteiger partial charge >= 0.3 is 0 Å². The molecule has 1 heteroatoms. The van der Waals surface area contributed by atoms with Crippen LogP contribution in [0.2, 0.25) is 0 Å². The third kappa shape index (κ3) is 0.689. The molecule has 1 aliphatic heterocycles. The van der Waals surface area contributed by atoms with Crippen LogP contribution < -0.4 is 5.32 Å². The predicted molar refractivity (Wildman–Crippen MR) is 49.5 cm³/mol. The summed E-state index contributed by atoms with van der Waals surface area (Å²) in [5.74, 6) is 2.52. The summed E-state index contributed by atoms with van der Waals surface area (Å²) in [6.45, 7) is 3.36. The van der Waals surface area contributed by atoms with Gasteiger partial charge in [0.05, 0.1) is 0 Å². The van der Waals surface area contributed by atoms with E-state index < -0.39 is 0 Å². The highest BCUT2D eigenvalue weighted by atomic mass is 14.9. The smallest absolute Gasteiger partial charge is 0.0331 e. The lowest BCUT2D eigenvalue weighted by molar-refractivity contribution is 0.729. The Hall–Kier alpha value is -0.980. The van der Waals surface area contributed by atoms with Gasteiger partial charge in [0.2, 0.25) is 0 Å². The zero-order valence-electron chi connectivity index (χ0n) is 7.25. The molecule has 0 aromatic rings. The van der Waals surface area contributed by atoms with Gasteiger partial charge in [-0.2, -0.15) is 0 Å². The Morgan fingerprint density at radius 3 is 3.25 bits per heavy atom. The lowest BCUT2D eigenvalue weighted by Gasteiger charge is -2.18. The van der Waals surface area contributed by atoms with Crippen LogP contribution in [0.4, 0.5) is 0 Å². The Morgan fingerprint density at radius 1 is 1.42 bits per heavy atom. The zero-order chi connectivity index (χ0) is 8.13. The van der Waals surface area contributed by atoms with E-state index in [0.717, 1.165) is 24.3 Å². The van der Waals surface area contributed by atoms with Gasteiger partial charge in [0, 0.05) is 18.2 Å². The number of fused-ring (bicyclic) bond motifs is 2. The van der Waals surface area contributed by atoms with Crippen molar-refractivity contribution in [3.8, 4) is 0 Å². The third-order valence-corrected chi connectivity index (χ3v) is 3.30. The number of rotatable bonds is 0. The second kappa shape index (κ2) is 2.03. The summed E-state index contributed by atoms with van der Waals surface area (Å²) in [4.78, 5) is 0. The Labute approximate surface area is 72.9 Å². The van der Waals surface area contributed by atoms with Gasteiger partial charge in [-0.1, -0.05) is 31.2 Å². The fourth-order valence-electron chi connectivity index (χ4n) is 2.46. The van der Waals surface area contributed by atoms with E-state index in [1.165, 1.54) is 11.3 Å². The van der Waals surface area contributed by atoms with E-state index in [1.807, 2.05) is 0 Å². The molecule has 62 valence electrons. The molecule has 1 saturated carbocycles. The molecule has 12 heavy (non-hydrogen) atoms. The van der Waals surface area contributed by atoms with Crippen LogP contribution in [0.25, 0.3) is 0 Å². The Bertz CT molecular complexity index is 309. The standard InChI is InChI=1S/C11H13N/c1-7-9-5-4-8-3-2-6-12-11(8)10(7)9/h2-5,7,9-10,12H,6H2,1H3. The van der Waals surface area contributed by atoms with Gasteiger partial charge in [-0.3, -0.25) is 0 Å². The zero-order valence-corrected chi connectivity index (χ0v) is 7.25. The number of hydrogen-bond donors (Lipinski definition) is 1. The monoisotopic (exact) mass is 159 g/mol. The van der Waals surface area contributed by atoms with Crippen LogP contribution in [0.5, 0.6) is 0 Å². The molecule has 3 rings (SSSR count). The van der Waals surface area contributed by atoms with Crippen molar-refractivity contribution in [3.05, 3.63) is 35.6 Å². The molecule has 0 aromatic carbocycles. The fraction of sp³-hybridized carbons (Fsp3) is 0.455. The first-order chi connectivity index (χ1) is 5.88. The minimum absolute atomic E-state index is 0.815. The van der Waals surface area contributed by atoms with Crippen LogP contribution >= 0.6 is 0 Å². The molecule has 1 fully saturated rings. The predicted octanol–water partition coefficient (Wildman–Crippen LogP) is 1.85. The van der Waals surface area contributed by atoms with Crippen molar-refractivity contribution in [1.82, 2.24) is 5.32 Å². The number of dihydropyridines is 1. The summed E-state index contributed by atoms with van der Waals surface area (Å²) in [5, 5.41) is 3.48. The van der Waals surface area contributed by atoms with E-state index in [1.54, 1.807) is 0 Å². The summed E-state index contributed by atoms with van der Waals surface area (Å²) in [5.41, 5.74) is 2.91. The maximum absolute atomic E-state index is 3.48. The van der Waals surface area contributed by atoms with Crippen LogP contribution in [0.1, 0.15) is 6.92 Å². The van der Waals surface area contributed by atoms with E-state index >= 15 is 0 Å². The first-order valence-electron chi connectivity index (χ1n) is 4.71. The highest BCUT2D eigenvalue weighted by Gasteiger charge is 2.49. The molecular formula is C11H13N. The van der Waals surface area contributed by atoms with Gasteiger partial charge in [-0.25, -0.2) is 0 Å². The summed E-state index contributed by atoms with van der Waals surface area (Å²) >= 11 is 0. The number of allylic oxidation sites excluding steroid dienone is 5. The average molecular weight is 159 g/mol. The van der Waals surface area contributed by atoms with Crippen LogP contribution in [-0.2, 0) is 0 Å². The minimum Gasteiger partial charge on any atom is -0.384 e. The van der Waals surface area contributed by atoms with Crippen molar-refractivity contribution in [2.24, 2.45) is 17.8 Å². The van der Waals surface area contributed by atoms with Crippen LogP contribution in [-0.4, -0.2) is 6.54 Å². The number of nitrogens with one attached hydrogen (secondary N) is 1. The van der Waals surface area contributed by atoms with E-state index in [-0.39, 0.29) is 0 Å². The molecule has 0 radical (unpaired) electrons. The molecule has 0 bridgehead atoms. The minimum atomic E-state index is 0.815. The Morgan fingerprint density at radius 2 is 2.33 bits per heavy atom. The van der Waals surface area contributed by atoms with Crippen LogP contribution in [0, 0.1) is 17.8 Å². The van der Waals surface area contributed by atoms with Crippen molar-refractivity contribution in [3.63, 3.8) is 0 Å². The van der Waals surface area contributed by atoms with Crippen molar-refractivity contribution in [2.45, 2.75) is 6.92 Å². The molecule has 1 heterocycles. The summed E-state index contributed by atoms with van der Waals surface area (Å²) in [6.07, 6.45) is 9.06. The first kappa shape index (κ1) is 6.53. The van der Waals surface area contributed by atoms with Crippen molar-refractivity contribution in [1.29, 1.82) is 0 Å². The summed E-state index contributed by atoms with van der Waals surface area (Å²) in [7, 11) is 0. The van der Waals surface area contributed by atoms with Crippen LogP contribution in [0.3, 0.4) is 0 Å². The fourth-order valence-corrected chi connectivity index (χ4v) is 2.46. The molecule has 1 nitrogen and oxygen atoms in total. The maximum Gasteiger partial charge on any atom is 0.0331 e. The largest absolute Gasteiger partial charge is 0.384 e. The lowest BCUT2D eigenvalue weighted by atomic mass is 10.0. The molecular weight excluding hydrogens is 146 g/mol. The van der Waals surface area contributed by atoms with Crippen LogP contribution in [0.15, 0.2) is 35.6 Å². The molecule has 0 spiro atoms. The molecule has 2 aliphatic carbocycles. The molecule has 0 aromatic heterocycles. The van der Waals surface area contributed by atoms with Gasteiger partial charge in [0.1, 0.15) is 0 Å². The summed E-state index contributed by atoms with van der Waals surface area (Å²) in [6, 6.07) is 0. The molecule has 3 aliphatic rings. The molecule has 3 atom stereocenters. The average Bonchev–Trinajstić information content (AvgIpc) is 2.78. The Balaban J connectivity index is 2.04. The molecule has 0 saturated heterocycles. The molecule has 0 amide bonds. The SMILES string of the molecule is CC1C2C=CC3=C(NCC=C3)C12.